The van der Waals surface area contributed by atoms with Crippen LogP contribution in [0.3, 0.4) is 0 Å². The van der Waals surface area contributed by atoms with Crippen molar-refractivity contribution in [3.8, 4) is 11.5 Å². The summed E-state index contributed by atoms with van der Waals surface area (Å²) in [5.74, 6) is 0.620. The molecule has 7 nitrogen and oxygen atoms in total. The SMILES string of the molecule is C=CCc1cc(C(=O)Nc2sc3c(c2C(=O)NCC2CCCO2)CCCC3)cc(OC)c1OC. The Hall–Kier alpha value is -2.84. The smallest absolute Gasteiger partial charge is 0.256 e. The number of thiophene rings is 1. The van der Waals surface area contributed by atoms with Crippen molar-refractivity contribution in [3.63, 3.8) is 0 Å². The Morgan fingerprint density at radius 3 is 2.71 bits per heavy atom. The number of carbonyl (C=O) groups is 2. The van der Waals surface area contributed by atoms with Crippen LogP contribution in [0.15, 0.2) is 24.8 Å². The lowest BCUT2D eigenvalue weighted by Crippen LogP contribution is -2.32. The van der Waals surface area contributed by atoms with Crippen molar-refractivity contribution >= 4 is 28.2 Å². The highest BCUT2D eigenvalue weighted by Gasteiger charge is 2.28. The van der Waals surface area contributed by atoms with Gasteiger partial charge in [-0.1, -0.05) is 6.08 Å². The lowest BCUT2D eigenvalue weighted by atomic mass is 9.95. The largest absolute Gasteiger partial charge is 0.493 e. The van der Waals surface area contributed by atoms with Crippen LogP contribution >= 0.6 is 11.3 Å². The van der Waals surface area contributed by atoms with E-state index in [0.29, 0.717) is 40.6 Å². The Labute approximate surface area is 204 Å². The fourth-order valence-corrected chi connectivity index (χ4v) is 5.93. The number of rotatable bonds is 9. The van der Waals surface area contributed by atoms with Gasteiger partial charge in [-0.05, 0) is 62.6 Å². The molecule has 2 heterocycles. The van der Waals surface area contributed by atoms with Gasteiger partial charge in [-0.25, -0.2) is 0 Å². The van der Waals surface area contributed by atoms with Crippen LogP contribution in [0, 0.1) is 0 Å². The van der Waals surface area contributed by atoms with Crippen LogP contribution in [-0.4, -0.2) is 45.3 Å². The van der Waals surface area contributed by atoms with E-state index in [2.05, 4.69) is 17.2 Å². The molecule has 2 amide bonds. The molecule has 0 spiro atoms. The first-order valence-corrected chi connectivity index (χ1v) is 12.6. The first kappa shape index (κ1) is 24.3. The number of carbonyl (C=O) groups excluding carboxylic acids is 2. The fraction of sp³-hybridized carbons (Fsp3) is 0.462. The minimum absolute atomic E-state index is 0.0616. The number of hydrogen-bond acceptors (Lipinski definition) is 6. The van der Waals surface area contributed by atoms with E-state index in [-0.39, 0.29) is 17.9 Å². The Morgan fingerprint density at radius 2 is 2.00 bits per heavy atom. The first-order valence-electron chi connectivity index (χ1n) is 11.8. The third-order valence-corrected chi connectivity index (χ3v) is 7.53. The van der Waals surface area contributed by atoms with Crippen molar-refractivity contribution in [2.75, 3.05) is 32.7 Å². The van der Waals surface area contributed by atoms with E-state index in [4.69, 9.17) is 14.2 Å². The Morgan fingerprint density at radius 1 is 1.18 bits per heavy atom. The third kappa shape index (κ3) is 5.13. The van der Waals surface area contributed by atoms with Gasteiger partial charge in [-0.3, -0.25) is 9.59 Å². The van der Waals surface area contributed by atoms with E-state index in [1.807, 2.05) is 0 Å². The second kappa shape index (κ2) is 11.1. The Bertz CT molecular complexity index is 1070. The van der Waals surface area contributed by atoms with Gasteiger partial charge in [0.15, 0.2) is 11.5 Å². The van der Waals surface area contributed by atoms with Crippen molar-refractivity contribution < 1.29 is 23.8 Å². The molecule has 1 aromatic heterocycles. The number of methoxy groups -OCH3 is 2. The van der Waals surface area contributed by atoms with Gasteiger partial charge in [-0.2, -0.15) is 0 Å². The van der Waals surface area contributed by atoms with E-state index in [1.54, 1.807) is 32.4 Å². The summed E-state index contributed by atoms with van der Waals surface area (Å²) < 4.78 is 16.6. The molecule has 1 fully saturated rings. The number of aryl methyl sites for hydroxylation is 1. The molecular weight excluding hydrogens is 452 g/mol. The summed E-state index contributed by atoms with van der Waals surface area (Å²) in [6, 6.07) is 3.44. The van der Waals surface area contributed by atoms with Crippen molar-refractivity contribution in [1.29, 1.82) is 0 Å². The molecule has 0 saturated carbocycles. The summed E-state index contributed by atoms with van der Waals surface area (Å²) in [5.41, 5.74) is 2.91. The molecule has 34 heavy (non-hydrogen) atoms. The summed E-state index contributed by atoms with van der Waals surface area (Å²) in [4.78, 5) is 27.7. The molecule has 1 unspecified atom stereocenters. The number of amides is 2. The third-order valence-electron chi connectivity index (χ3n) is 6.32. The topological polar surface area (TPSA) is 85.9 Å². The maximum Gasteiger partial charge on any atom is 0.256 e. The van der Waals surface area contributed by atoms with Crippen LogP contribution in [0.2, 0.25) is 0 Å². The van der Waals surface area contributed by atoms with Gasteiger partial charge in [0.05, 0.1) is 25.9 Å². The van der Waals surface area contributed by atoms with Crippen LogP contribution in [0.25, 0.3) is 0 Å². The molecule has 182 valence electrons. The predicted octanol–water partition coefficient (Wildman–Crippen LogP) is 4.53. The van der Waals surface area contributed by atoms with Crippen LogP contribution in [-0.2, 0) is 24.0 Å². The monoisotopic (exact) mass is 484 g/mol. The summed E-state index contributed by atoms with van der Waals surface area (Å²) in [6.07, 6.45) is 8.25. The fourth-order valence-electron chi connectivity index (χ4n) is 4.65. The Kier molecular flexibility index (Phi) is 7.90. The first-order chi connectivity index (χ1) is 16.5. The van der Waals surface area contributed by atoms with Crippen molar-refractivity contribution in [3.05, 3.63) is 51.9 Å². The van der Waals surface area contributed by atoms with Crippen molar-refractivity contribution in [2.24, 2.45) is 0 Å². The molecule has 0 radical (unpaired) electrons. The lowest BCUT2D eigenvalue weighted by Gasteiger charge is -2.16. The summed E-state index contributed by atoms with van der Waals surface area (Å²) in [5, 5.41) is 6.65. The van der Waals surface area contributed by atoms with Gasteiger partial charge in [0.25, 0.3) is 11.8 Å². The van der Waals surface area contributed by atoms with E-state index in [0.717, 1.165) is 56.3 Å². The zero-order valence-electron chi connectivity index (χ0n) is 19.8. The zero-order valence-corrected chi connectivity index (χ0v) is 20.6. The predicted molar refractivity (Wildman–Crippen MR) is 134 cm³/mol. The minimum atomic E-state index is -0.293. The van der Waals surface area contributed by atoms with Crippen LogP contribution < -0.4 is 20.1 Å². The normalized spacial score (nSPS) is 17.1. The number of anilines is 1. The van der Waals surface area contributed by atoms with Gasteiger partial charge in [-0.15, -0.1) is 17.9 Å². The second-order valence-electron chi connectivity index (χ2n) is 8.58. The van der Waals surface area contributed by atoms with Gasteiger partial charge in [0.1, 0.15) is 5.00 Å². The minimum Gasteiger partial charge on any atom is -0.493 e. The number of allylic oxidation sites excluding steroid dienone is 1. The van der Waals surface area contributed by atoms with Gasteiger partial charge >= 0.3 is 0 Å². The molecule has 0 bridgehead atoms. The number of nitrogens with one attached hydrogen (secondary N) is 2. The molecule has 1 aliphatic carbocycles. The molecule has 1 atom stereocenters. The lowest BCUT2D eigenvalue weighted by molar-refractivity contribution is 0.0858. The van der Waals surface area contributed by atoms with Crippen LogP contribution in [0.5, 0.6) is 11.5 Å². The molecule has 1 aromatic carbocycles. The average molecular weight is 485 g/mol. The van der Waals surface area contributed by atoms with Crippen molar-refractivity contribution in [1.82, 2.24) is 5.32 Å². The molecule has 2 aromatic rings. The van der Waals surface area contributed by atoms with E-state index >= 15 is 0 Å². The quantitative estimate of drug-likeness (QED) is 0.511. The highest BCUT2D eigenvalue weighted by atomic mass is 32.1. The Balaban J connectivity index is 1.61. The summed E-state index contributed by atoms with van der Waals surface area (Å²) in [6.45, 7) is 5.02. The van der Waals surface area contributed by atoms with E-state index < -0.39 is 0 Å². The van der Waals surface area contributed by atoms with Gasteiger partial charge < -0.3 is 24.8 Å². The van der Waals surface area contributed by atoms with E-state index in [1.165, 1.54) is 16.2 Å². The molecule has 2 aliphatic rings. The molecule has 1 saturated heterocycles. The number of benzene rings is 1. The summed E-state index contributed by atoms with van der Waals surface area (Å²) >= 11 is 1.51. The molecule has 8 heteroatoms. The number of fused-ring (bicyclic) bond motifs is 1. The highest BCUT2D eigenvalue weighted by molar-refractivity contribution is 7.17. The van der Waals surface area contributed by atoms with Gasteiger partial charge in [0, 0.05) is 29.2 Å². The number of hydrogen-bond donors (Lipinski definition) is 2. The maximum absolute atomic E-state index is 13.3. The molecular formula is C26H32N2O5S. The highest BCUT2D eigenvalue weighted by Crippen LogP contribution is 2.39. The zero-order chi connectivity index (χ0) is 24.1. The van der Waals surface area contributed by atoms with Gasteiger partial charge in [0.2, 0.25) is 0 Å². The number of ether oxygens (including phenoxy) is 3. The molecule has 1 aliphatic heterocycles. The summed E-state index contributed by atoms with van der Waals surface area (Å²) in [7, 11) is 3.11. The molecule has 4 rings (SSSR count). The maximum atomic E-state index is 13.3. The van der Waals surface area contributed by atoms with Crippen molar-refractivity contribution in [2.45, 2.75) is 51.0 Å². The van der Waals surface area contributed by atoms with E-state index in [9.17, 15) is 9.59 Å². The second-order valence-corrected chi connectivity index (χ2v) is 9.68. The average Bonchev–Trinajstić information content (AvgIpc) is 3.49. The van der Waals surface area contributed by atoms with Crippen LogP contribution in [0.1, 0.15) is 62.4 Å². The van der Waals surface area contributed by atoms with Crippen LogP contribution in [0.4, 0.5) is 5.00 Å². The standard InChI is InChI=1S/C26H32N2O5S/c1-4-8-16-13-17(14-20(31-2)23(16)32-3)24(29)28-26-22(19-10-5-6-11-21(19)34-26)25(30)27-15-18-9-7-12-33-18/h4,13-14,18H,1,5-12,15H2,2-3H3,(H,27,30)(H,28,29). The molecule has 2 N–H and O–H groups in total.